The van der Waals surface area contributed by atoms with E-state index in [1.54, 1.807) is 11.9 Å². The van der Waals surface area contributed by atoms with E-state index < -0.39 is 5.09 Å². The molecule has 0 spiro atoms. The first-order chi connectivity index (χ1) is 11.1. The van der Waals surface area contributed by atoms with Gasteiger partial charge in [0.1, 0.15) is 0 Å². The molecule has 0 fully saturated rings. The number of anilines is 1. The quantitative estimate of drug-likeness (QED) is 0.258. The molecule has 128 valence electrons. The summed E-state index contributed by atoms with van der Waals surface area (Å²) >= 11 is 8.89. The number of rotatable bonds is 9. The first kappa shape index (κ1) is 18.5. The Hall–Kier alpha value is -0.870. The third-order valence-corrected chi connectivity index (χ3v) is 5.36. The molecule has 1 aliphatic heterocycles. The van der Waals surface area contributed by atoms with Crippen molar-refractivity contribution in [3.05, 3.63) is 27.3 Å². The van der Waals surface area contributed by atoms with Crippen molar-refractivity contribution in [3.8, 4) is 0 Å². The van der Waals surface area contributed by atoms with Crippen LogP contribution in [0.3, 0.4) is 0 Å². The molecule has 1 aliphatic rings. The molecule has 0 saturated heterocycles. The number of nitrogens with one attached hydrogen (secondary N) is 2. The fraction of sp³-hybridized carbons (Fsp3) is 0.538. The Balaban J connectivity index is 1.69. The van der Waals surface area contributed by atoms with Crippen LogP contribution < -0.4 is 15.2 Å². The standard InChI is InChI=1S/C13H19ClN4O3S2/c14-9-7-10-12(8-11(9)22-15)23-17-13(16-10)5-3-1-2-4-6-21-18(19)20/h7-8,13,16-17H,1-6,15H2. The summed E-state index contributed by atoms with van der Waals surface area (Å²) in [6.07, 6.45) is 4.82. The van der Waals surface area contributed by atoms with Gasteiger partial charge in [-0.05, 0) is 48.9 Å². The van der Waals surface area contributed by atoms with Gasteiger partial charge in [0.15, 0.2) is 0 Å². The number of halogens is 1. The summed E-state index contributed by atoms with van der Waals surface area (Å²) in [5.74, 6) is 0. The molecule has 0 amide bonds. The third kappa shape index (κ3) is 5.92. The van der Waals surface area contributed by atoms with Gasteiger partial charge in [0.25, 0.3) is 5.09 Å². The average molecular weight is 379 g/mol. The van der Waals surface area contributed by atoms with Gasteiger partial charge in [-0.2, -0.15) is 0 Å². The van der Waals surface area contributed by atoms with E-state index in [1.807, 2.05) is 12.1 Å². The van der Waals surface area contributed by atoms with E-state index >= 15 is 0 Å². The van der Waals surface area contributed by atoms with Crippen LogP contribution in [-0.2, 0) is 4.84 Å². The smallest absolute Gasteiger partial charge is 0.294 e. The molecule has 1 atom stereocenters. The number of hydrogen-bond acceptors (Lipinski definition) is 8. The second-order valence-electron chi connectivity index (χ2n) is 5.07. The van der Waals surface area contributed by atoms with Crippen molar-refractivity contribution in [3.63, 3.8) is 0 Å². The molecule has 7 nitrogen and oxygen atoms in total. The van der Waals surface area contributed by atoms with E-state index in [0.717, 1.165) is 53.1 Å². The molecular formula is C13H19ClN4O3S2. The van der Waals surface area contributed by atoms with E-state index in [4.69, 9.17) is 16.7 Å². The van der Waals surface area contributed by atoms with E-state index in [2.05, 4.69) is 14.9 Å². The highest BCUT2D eigenvalue weighted by Crippen LogP contribution is 2.37. The zero-order valence-corrected chi connectivity index (χ0v) is 14.8. The van der Waals surface area contributed by atoms with E-state index in [0.29, 0.717) is 11.4 Å². The highest BCUT2D eigenvalue weighted by Gasteiger charge is 2.19. The normalized spacial score (nSPS) is 16.5. The molecular weight excluding hydrogens is 360 g/mol. The second kappa shape index (κ2) is 9.43. The topological polar surface area (TPSA) is 102 Å². The fourth-order valence-corrected chi connectivity index (χ4v) is 3.83. The Bertz CT molecular complexity index is 550. The molecule has 0 radical (unpaired) electrons. The molecule has 23 heavy (non-hydrogen) atoms. The molecule has 10 heteroatoms. The summed E-state index contributed by atoms with van der Waals surface area (Å²) < 4.78 is 3.36. The molecule has 1 unspecified atom stereocenters. The highest BCUT2D eigenvalue weighted by molar-refractivity contribution is 7.98. The molecule has 2 rings (SSSR count). The zero-order valence-electron chi connectivity index (χ0n) is 12.4. The maximum absolute atomic E-state index is 10.0. The first-order valence-corrected chi connectivity index (χ1v) is 9.34. The number of nitrogens with zero attached hydrogens (tertiary/aromatic N) is 1. The van der Waals surface area contributed by atoms with E-state index in [1.165, 1.54) is 0 Å². The van der Waals surface area contributed by atoms with E-state index in [9.17, 15) is 10.1 Å². The Morgan fingerprint density at radius 1 is 1.39 bits per heavy atom. The SMILES string of the molecule is NSc1cc2c(cc1Cl)NC(CCCCCCO[N+](=O)[O-])NS2. The fourth-order valence-electron chi connectivity index (χ4n) is 2.25. The predicted molar refractivity (Wildman–Crippen MR) is 93.9 cm³/mol. The lowest BCUT2D eigenvalue weighted by molar-refractivity contribution is -0.757. The van der Waals surface area contributed by atoms with Gasteiger partial charge in [0, 0.05) is 9.79 Å². The van der Waals surface area contributed by atoms with Gasteiger partial charge in [0.05, 0.1) is 23.5 Å². The zero-order chi connectivity index (χ0) is 16.7. The van der Waals surface area contributed by atoms with Crippen LogP contribution >= 0.6 is 35.5 Å². The van der Waals surface area contributed by atoms with Gasteiger partial charge in [-0.1, -0.05) is 30.9 Å². The molecule has 4 N–H and O–H groups in total. The molecule has 1 heterocycles. The molecule has 0 aliphatic carbocycles. The van der Waals surface area contributed by atoms with Gasteiger partial charge in [-0.3, -0.25) is 5.14 Å². The summed E-state index contributed by atoms with van der Waals surface area (Å²) in [6.45, 7) is 0.177. The Morgan fingerprint density at radius 3 is 2.91 bits per heavy atom. The number of hydrogen-bond donors (Lipinski definition) is 3. The summed E-state index contributed by atoms with van der Waals surface area (Å²) in [7, 11) is 0. The van der Waals surface area contributed by atoms with Crippen molar-refractivity contribution in [1.82, 2.24) is 4.72 Å². The van der Waals surface area contributed by atoms with Gasteiger partial charge in [-0.25, -0.2) is 4.72 Å². The Morgan fingerprint density at radius 2 is 2.17 bits per heavy atom. The highest BCUT2D eigenvalue weighted by atomic mass is 35.5. The van der Waals surface area contributed by atoms with Crippen molar-refractivity contribution >= 4 is 41.2 Å². The van der Waals surface area contributed by atoms with Gasteiger partial charge in [0.2, 0.25) is 0 Å². The first-order valence-electron chi connectivity index (χ1n) is 7.26. The maximum Gasteiger partial charge on any atom is 0.294 e. The minimum Gasteiger partial charge on any atom is -0.368 e. The molecule has 0 bridgehead atoms. The van der Waals surface area contributed by atoms with Crippen LogP contribution in [0.2, 0.25) is 5.02 Å². The van der Waals surface area contributed by atoms with Crippen LogP contribution in [0.4, 0.5) is 5.69 Å². The van der Waals surface area contributed by atoms with Crippen LogP contribution in [0.1, 0.15) is 32.1 Å². The lowest BCUT2D eigenvalue weighted by Gasteiger charge is -2.28. The number of fused-ring (bicyclic) bond motifs is 1. The van der Waals surface area contributed by atoms with Crippen LogP contribution in [0.25, 0.3) is 0 Å². The van der Waals surface area contributed by atoms with Gasteiger partial charge >= 0.3 is 0 Å². The maximum atomic E-state index is 10.0. The predicted octanol–water partition coefficient (Wildman–Crippen LogP) is 3.81. The van der Waals surface area contributed by atoms with Gasteiger partial charge < -0.3 is 10.2 Å². The van der Waals surface area contributed by atoms with Gasteiger partial charge in [-0.15, -0.1) is 10.1 Å². The molecule has 0 aromatic heterocycles. The molecule has 1 aromatic carbocycles. The van der Waals surface area contributed by atoms with Crippen LogP contribution in [-0.4, -0.2) is 17.9 Å². The Labute approximate surface area is 148 Å². The van der Waals surface area contributed by atoms with Crippen molar-refractivity contribution in [2.75, 3.05) is 11.9 Å². The minimum atomic E-state index is -0.746. The summed E-state index contributed by atoms with van der Waals surface area (Å²) in [4.78, 5) is 16.2. The number of unbranched alkanes of at least 4 members (excludes halogenated alkanes) is 3. The molecule has 0 saturated carbocycles. The lowest BCUT2D eigenvalue weighted by Crippen LogP contribution is -2.34. The number of nitrogens with two attached hydrogens (primary N) is 1. The minimum absolute atomic E-state index is 0.176. The lowest BCUT2D eigenvalue weighted by atomic mass is 10.1. The molecule has 1 aromatic rings. The monoisotopic (exact) mass is 378 g/mol. The van der Waals surface area contributed by atoms with Crippen molar-refractivity contribution in [2.24, 2.45) is 5.14 Å². The second-order valence-corrected chi connectivity index (χ2v) is 7.04. The third-order valence-electron chi connectivity index (χ3n) is 3.39. The van der Waals surface area contributed by atoms with Crippen molar-refractivity contribution in [2.45, 2.75) is 48.1 Å². The summed E-state index contributed by atoms with van der Waals surface area (Å²) in [5, 5.41) is 18.9. The van der Waals surface area contributed by atoms with Crippen LogP contribution in [0.5, 0.6) is 0 Å². The van der Waals surface area contributed by atoms with Crippen LogP contribution in [0, 0.1) is 10.1 Å². The summed E-state index contributed by atoms with van der Waals surface area (Å²) in [6, 6.07) is 3.88. The van der Waals surface area contributed by atoms with Crippen molar-refractivity contribution < 1.29 is 9.92 Å². The Kier molecular flexibility index (Phi) is 7.57. The average Bonchev–Trinajstić information content (AvgIpc) is 2.52. The number of benzene rings is 1. The van der Waals surface area contributed by atoms with Crippen LogP contribution in [0.15, 0.2) is 21.9 Å². The van der Waals surface area contributed by atoms with E-state index in [-0.39, 0.29) is 12.8 Å². The summed E-state index contributed by atoms with van der Waals surface area (Å²) in [5.41, 5.74) is 1.01. The van der Waals surface area contributed by atoms with Crippen molar-refractivity contribution in [1.29, 1.82) is 0 Å². The largest absolute Gasteiger partial charge is 0.368 e.